The van der Waals surface area contributed by atoms with Crippen molar-refractivity contribution < 1.29 is 14.6 Å². The molecule has 0 atom stereocenters. The Hall–Kier alpha value is -3.98. The zero-order chi connectivity index (χ0) is 21.5. The summed E-state index contributed by atoms with van der Waals surface area (Å²) in [5.74, 6) is 0.543. The number of non-ortho nitro benzene ring substituents is 1. The molecular weight excluding hydrogens is 412 g/mol. The minimum absolute atomic E-state index is 0.0244. The lowest BCUT2D eigenvalue weighted by molar-refractivity contribution is -0.393. The van der Waals surface area contributed by atoms with Crippen LogP contribution in [0.3, 0.4) is 0 Å². The summed E-state index contributed by atoms with van der Waals surface area (Å²) < 4.78 is 5.82. The summed E-state index contributed by atoms with van der Waals surface area (Å²) in [5.41, 5.74) is 3.19. The largest absolute Gasteiger partial charge is 0.488 e. The van der Waals surface area contributed by atoms with Crippen LogP contribution in [0.25, 0.3) is 0 Å². The van der Waals surface area contributed by atoms with Gasteiger partial charge in [-0.05, 0) is 24.3 Å². The van der Waals surface area contributed by atoms with E-state index in [9.17, 15) is 20.2 Å². The molecule has 9 nitrogen and oxygen atoms in total. The molecule has 0 aromatic heterocycles. The number of hydrazone groups is 1. The number of hydrogen-bond donors (Lipinski definition) is 1. The number of hydrogen-bond acceptors (Lipinski definition) is 7. The van der Waals surface area contributed by atoms with E-state index in [0.29, 0.717) is 16.3 Å². The molecule has 3 rings (SSSR count). The minimum Gasteiger partial charge on any atom is -0.488 e. The van der Waals surface area contributed by atoms with Crippen LogP contribution in [0.15, 0.2) is 71.8 Å². The van der Waals surface area contributed by atoms with Gasteiger partial charge in [-0.2, -0.15) is 5.10 Å². The second kappa shape index (κ2) is 9.48. The molecule has 3 aromatic rings. The van der Waals surface area contributed by atoms with Crippen LogP contribution in [0.2, 0.25) is 5.02 Å². The Bertz CT molecular complexity index is 1120. The average molecular weight is 427 g/mol. The van der Waals surface area contributed by atoms with Gasteiger partial charge in [0.1, 0.15) is 18.0 Å². The van der Waals surface area contributed by atoms with Crippen molar-refractivity contribution in [3.63, 3.8) is 0 Å². The summed E-state index contributed by atoms with van der Waals surface area (Å²) >= 11 is 6.14. The zero-order valence-electron chi connectivity index (χ0n) is 15.4. The lowest BCUT2D eigenvalue weighted by atomic mass is 10.2. The maximum atomic E-state index is 11.2. The molecule has 152 valence electrons. The Balaban J connectivity index is 1.75. The van der Waals surface area contributed by atoms with Gasteiger partial charge in [0, 0.05) is 22.2 Å². The van der Waals surface area contributed by atoms with Gasteiger partial charge in [-0.25, -0.2) is 0 Å². The monoisotopic (exact) mass is 426 g/mol. The summed E-state index contributed by atoms with van der Waals surface area (Å²) in [7, 11) is 0. The van der Waals surface area contributed by atoms with Gasteiger partial charge >= 0.3 is 5.69 Å². The molecular formula is C20H15ClN4O5. The van der Waals surface area contributed by atoms with Crippen LogP contribution in [0.4, 0.5) is 17.1 Å². The lowest BCUT2D eigenvalue weighted by Crippen LogP contribution is -2.01. The summed E-state index contributed by atoms with van der Waals surface area (Å²) in [4.78, 5) is 20.6. The molecule has 0 fully saturated rings. The van der Waals surface area contributed by atoms with Gasteiger partial charge in [-0.15, -0.1) is 0 Å². The van der Waals surface area contributed by atoms with Gasteiger partial charge in [-0.3, -0.25) is 25.7 Å². The first-order chi connectivity index (χ1) is 14.5. The Morgan fingerprint density at radius 1 is 1.00 bits per heavy atom. The van der Waals surface area contributed by atoms with Crippen molar-refractivity contribution in [3.05, 3.63) is 103 Å². The standard InChI is InChI=1S/C20H15ClN4O5/c21-17-7-3-1-6-15(17)13-30-20-8-4-2-5-14(20)12-22-23-18-10-9-16(24(26)27)11-19(18)25(28)29/h1-12,23H,13H2/b22-12+. The summed E-state index contributed by atoms with van der Waals surface area (Å²) in [5, 5.41) is 26.6. The maximum Gasteiger partial charge on any atom is 0.301 e. The third kappa shape index (κ3) is 5.09. The average Bonchev–Trinajstić information content (AvgIpc) is 2.74. The van der Waals surface area contributed by atoms with Gasteiger partial charge in [0.05, 0.1) is 22.1 Å². The van der Waals surface area contributed by atoms with Crippen molar-refractivity contribution in [1.29, 1.82) is 0 Å². The van der Waals surface area contributed by atoms with E-state index in [0.717, 1.165) is 17.7 Å². The number of anilines is 1. The highest BCUT2D eigenvalue weighted by Crippen LogP contribution is 2.29. The first kappa shape index (κ1) is 20.7. The van der Waals surface area contributed by atoms with Gasteiger partial charge in [0.2, 0.25) is 0 Å². The molecule has 1 N–H and O–H groups in total. The Morgan fingerprint density at radius 2 is 1.73 bits per heavy atom. The van der Waals surface area contributed by atoms with E-state index >= 15 is 0 Å². The van der Waals surface area contributed by atoms with Crippen molar-refractivity contribution in [1.82, 2.24) is 0 Å². The van der Waals surface area contributed by atoms with Crippen LogP contribution in [0, 0.1) is 20.2 Å². The molecule has 10 heteroatoms. The third-order valence-electron chi connectivity index (χ3n) is 4.04. The molecule has 0 bridgehead atoms. The molecule has 0 aliphatic heterocycles. The van der Waals surface area contributed by atoms with Crippen molar-refractivity contribution in [3.8, 4) is 5.75 Å². The van der Waals surface area contributed by atoms with E-state index in [2.05, 4.69) is 10.5 Å². The molecule has 3 aromatic carbocycles. The molecule has 0 heterocycles. The molecule has 0 amide bonds. The summed E-state index contributed by atoms with van der Waals surface area (Å²) in [6.07, 6.45) is 1.44. The maximum absolute atomic E-state index is 11.2. The molecule has 0 aliphatic rings. The number of halogens is 1. The number of nitrogens with zero attached hydrogens (tertiary/aromatic N) is 3. The molecule has 0 spiro atoms. The van der Waals surface area contributed by atoms with Gasteiger partial charge in [0.15, 0.2) is 0 Å². The van der Waals surface area contributed by atoms with Gasteiger partial charge < -0.3 is 4.74 Å². The molecule has 0 saturated heterocycles. The minimum atomic E-state index is -0.717. The van der Waals surface area contributed by atoms with Crippen molar-refractivity contribution >= 4 is 34.9 Å². The predicted octanol–water partition coefficient (Wildman–Crippen LogP) is 5.18. The van der Waals surface area contributed by atoms with Crippen LogP contribution in [-0.4, -0.2) is 16.1 Å². The fourth-order valence-electron chi connectivity index (χ4n) is 2.54. The van der Waals surface area contributed by atoms with Crippen molar-refractivity contribution in [2.24, 2.45) is 5.10 Å². The van der Waals surface area contributed by atoms with Gasteiger partial charge in [0.25, 0.3) is 5.69 Å². The van der Waals surface area contributed by atoms with Crippen LogP contribution >= 0.6 is 11.6 Å². The zero-order valence-corrected chi connectivity index (χ0v) is 16.2. The van der Waals surface area contributed by atoms with E-state index < -0.39 is 15.5 Å². The van der Waals surface area contributed by atoms with E-state index in [1.807, 2.05) is 18.2 Å². The predicted molar refractivity (Wildman–Crippen MR) is 113 cm³/mol. The summed E-state index contributed by atoms with van der Waals surface area (Å²) in [6, 6.07) is 17.7. The number of nitro benzene ring substituents is 2. The van der Waals surface area contributed by atoms with E-state index in [-0.39, 0.29) is 18.0 Å². The summed E-state index contributed by atoms with van der Waals surface area (Å²) in [6.45, 7) is 0.256. The number of benzene rings is 3. The number of ether oxygens (including phenoxy) is 1. The molecule has 0 aliphatic carbocycles. The van der Waals surface area contributed by atoms with Crippen LogP contribution in [-0.2, 0) is 6.61 Å². The van der Waals surface area contributed by atoms with Crippen LogP contribution in [0.5, 0.6) is 5.75 Å². The highest BCUT2D eigenvalue weighted by atomic mass is 35.5. The van der Waals surface area contributed by atoms with Crippen LogP contribution in [0.1, 0.15) is 11.1 Å². The number of para-hydroxylation sites is 1. The quantitative estimate of drug-likeness (QED) is 0.301. The first-order valence-corrected chi connectivity index (χ1v) is 9.00. The first-order valence-electron chi connectivity index (χ1n) is 8.63. The smallest absolute Gasteiger partial charge is 0.301 e. The third-order valence-corrected chi connectivity index (χ3v) is 4.41. The normalized spacial score (nSPS) is 10.7. The molecule has 0 saturated carbocycles. The van der Waals surface area contributed by atoms with E-state index in [1.54, 1.807) is 30.3 Å². The van der Waals surface area contributed by atoms with E-state index in [1.165, 1.54) is 12.3 Å². The highest BCUT2D eigenvalue weighted by Gasteiger charge is 2.19. The Kier molecular flexibility index (Phi) is 6.56. The number of nitro groups is 2. The Labute approximate surface area is 175 Å². The topological polar surface area (TPSA) is 120 Å². The van der Waals surface area contributed by atoms with Crippen molar-refractivity contribution in [2.45, 2.75) is 6.61 Å². The number of rotatable bonds is 8. The molecule has 30 heavy (non-hydrogen) atoms. The van der Waals surface area contributed by atoms with E-state index in [4.69, 9.17) is 16.3 Å². The Morgan fingerprint density at radius 3 is 2.47 bits per heavy atom. The highest BCUT2D eigenvalue weighted by molar-refractivity contribution is 6.31. The van der Waals surface area contributed by atoms with Gasteiger partial charge in [-0.1, -0.05) is 41.9 Å². The fraction of sp³-hybridized carbons (Fsp3) is 0.0500. The van der Waals surface area contributed by atoms with Crippen LogP contribution < -0.4 is 10.2 Å². The fourth-order valence-corrected chi connectivity index (χ4v) is 2.73. The SMILES string of the molecule is O=[N+]([O-])c1ccc(N/N=C/c2ccccc2OCc2ccccc2Cl)c([N+](=O)[O-])c1. The lowest BCUT2D eigenvalue weighted by Gasteiger charge is -2.10. The molecule has 0 radical (unpaired) electrons. The second-order valence-corrected chi connectivity index (χ2v) is 6.41. The number of nitrogens with one attached hydrogen (secondary N) is 1. The second-order valence-electron chi connectivity index (χ2n) is 6.00. The van der Waals surface area contributed by atoms with Crippen molar-refractivity contribution in [2.75, 3.05) is 5.43 Å². The molecule has 0 unspecified atom stereocenters.